The summed E-state index contributed by atoms with van der Waals surface area (Å²) in [6.07, 6.45) is 0.797. The monoisotopic (exact) mass is 370 g/mol. The van der Waals surface area contributed by atoms with Gasteiger partial charge in [-0.1, -0.05) is 17.3 Å². The smallest absolute Gasteiger partial charge is 0.296 e. The summed E-state index contributed by atoms with van der Waals surface area (Å²) in [5.41, 5.74) is 1.63. The van der Waals surface area contributed by atoms with Gasteiger partial charge >= 0.3 is 0 Å². The Kier molecular flexibility index (Phi) is 5.54. The van der Waals surface area contributed by atoms with E-state index < -0.39 is 0 Å². The number of carbonyl (C=O) groups is 1. The molecule has 0 unspecified atom stereocenters. The van der Waals surface area contributed by atoms with E-state index >= 15 is 0 Å². The summed E-state index contributed by atoms with van der Waals surface area (Å²) in [5, 5.41) is 11.6. The first-order valence-corrected chi connectivity index (χ1v) is 8.73. The molecule has 0 saturated heterocycles. The van der Waals surface area contributed by atoms with E-state index in [1.807, 2.05) is 31.2 Å². The maximum atomic E-state index is 12.4. The molecule has 2 heterocycles. The Labute approximate surface area is 156 Å². The number of nitrogens with zero attached hydrogens (tertiary/aromatic N) is 3. The van der Waals surface area contributed by atoms with Crippen molar-refractivity contribution in [1.82, 2.24) is 20.3 Å². The fraction of sp³-hybridized carbons (Fsp3) is 0.368. The number of ether oxygens (including phenoxy) is 1. The lowest BCUT2D eigenvalue weighted by Crippen LogP contribution is -2.26. The van der Waals surface area contributed by atoms with Gasteiger partial charge in [-0.2, -0.15) is 5.10 Å². The maximum Gasteiger partial charge on any atom is 0.296 e. The number of hydrogen-bond acceptors (Lipinski definition) is 6. The second-order valence-corrected chi connectivity index (χ2v) is 6.31. The molecule has 0 aliphatic carbocycles. The van der Waals surface area contributed by atoms with Crippen LogP contribution in [0.4, 0.5) is 0 Å². The molecule has 0 radical (unpaired) electrons. The van der Waals surface area contributed by atoms with E-state index in [4.69, 9.17) is 9.26 Å². The van der Waals surface area contributed by atoms with Gasteiger partial charge in [0.2, 0.25) is 5.91 Å². The summed E-state index contributed by atoms with van der Waals surface area (Å²) in [6.45, 7) is 4.33. The van der Waals surface area contributed by atoms with Gasteiger partial charge < -0.3 is 14.6 Å². The highest BCUT2D eigenvalue weighted by molar-refractivity contribution is 5.81. The predicted molar refractivity (Wildman–Crippen MR) is 99.6 cm³/mol. The van der Waals surface area contributed by atoms with E-state index in [0.717, 1.165) is 11.3 Å². The van der Waals surface area contributed by atoms with Crippen molar-refractivity contribution in [2.75, 3.05) is 7.11 Å². The van der Waals surface area contributed by atoms with Gasteiger partial charge in [-0.25, -0.2) is 4.68 Å². The fourth-order valence-corrected chi connectivity index (χ4v) is 2.96. The number of fused-ring (bicyclic) bond motifs is 1. The summed E-state index contributed by atoms with van der Waals surface area (Å²) >= 11 is 0. The first-order chi connectivity index (χ1) is 13.0. The van der Waals surface area contributed by atoms with Crippen LogP contribution in [-0.2, 0) is 17.9 Å². The highest BCUT2D eigenvalue weighted by Crippen LogP contribution is 2.16. The molecule has 0 saturated carbocycles. The molecule has 142 valence electrons. The SMILES string of the molecule is COc1cccc(CNC(=O)CCCn2nc(C)c3c(C)onc3c2=O)c1. The second kappa shape index (κ2) is 8.03. The molecule has 27 heavy (non-hydrogen) atoms. The number of aromatic nitrogens is 3. The molecule has 0 aliphatic rings. The Morgan fingerprint density at radius 2 is 2.15 bits per heavy atom. The minimum absolute atomic E-state index is 0.0825. The highest BCUT2D eigenvalue weighted by Gasteiger charge is 2.15. The minimum Gasteiger partial charge on any atom is -0.497 e. The van der Waals surface area contributed by atoms with Crippen LogP contribution >= 0.6 is 0 Å². The maximum absolute atomic E-state index is 12.4. The third-order valence-corrected chi connectivity index (χ3v) is 4.33. The van der Waals surface area contributed by atoms with Crippen molar-refractivity contribution in [3.8, 4) is 5.75 Å². The molecule has 0 bridgehead atoms. The van der Waals surface area contributed by atoms with Crippen molar-refractivity contribution in [2.24, 2.45) is 0 Å². The van der Waals surface area contributed by atoms with Crippen molar-refractivity contribution >= 4 is 16.8 Å². The third kappa shape index (κ3) is 4.16. The number of methoxy groups -OCH3 is 1. The molecule has 1 N–H and O–H groups in total. The van der Waals surface area contributed by atoms with Crippen LogP contribution in [0, 0.1) is 13.8 Å². The Morgan fingerprint density at radius 1 is 1.33 bits per heavy atom. The van der Waals surface area contributed by atoms with Crippen LogP contribution in [0.5, 0.6) is 5.75 Å². The van der Waals surface area contributed by atoms with Gasteiger partial charge in [0, 0.05) is 19.5 Å². The molecule has 0 spiro atoms. The predicted octanol–water partition coefficient (Wildman–Crippen LogP) is 2.11. The van der Waals surface area contributed by atoms with Gasteiger partial charge in [0.1, 0.15) is 11.5 Å². The highest BCUT2D eigenvalue weighted by atomic mass is 16.5. The standard InChI is InChI=1S/C19H22N4O4/c1-12-17-13(2)27-22-18(17)19(25)23(21-12)9-5-8-16(24)20-11-14-6-4-7-15(10-14)26-3/h4,6-7,10H,5,8-9,11H2,1-3H3,(H,20,24). The number of nitrogens with one attached hydrogen (secondary N) is 1. The number of carbonyl (C=O) groups excluding carboxylic acids is 1. The fourth-order valence-electron chi connectivity index (χ4n) is 2.96. The molecule has 0 atom stereocenters. The van der Waals surface area contributed by atoms with Gasteiger partial charge in [-0.15, -0.1) is 0 Å². The number of benzene rings is 1. The van der Waals surface area contributed by atoms with Crippen LogP contribution in [-0.4, -0.2) is 28.0 Å². The zero-order valence-corrected chi connectivity index (χ0v) is 15.6. The van der Waals surface area contributed by atoms with Crippen molar-refractivity contribution in [3.05, 3.63) is 51.6 Å². The van der Waals surface area contributed by atoms with E-state index in [1.165, 1.54) is 4.68 Å². The van der Waals surface area contributed by atoms with Gasteiger partial charge in [0.25, 0.3) is 5.56 Å². The van der Waals surface area contributed by atoms with Crippen molar-refractivity contribution in [2.45, 2.75) is 39.8 Å². The van der Waals surface area contributed by atoms with E-state index in [9.17, 15) is 9.59 Å². The Bertz CT molecular complexity index is 1020. The molecule has 3 aromatic rings. The van der Waals surface area contributed by atoms with Gasteiger partial charge in [-0.05, 0) is 38.0 Å². The Hall–Kier alpha value is -3.16. The molecule has 8 heteroatoms. The summed E-state index contributed by atoms with van der Waals surface area (Å²) in [5.74, 6) is 1.25. The van der Waals surface area contributed by atoms with E-state index in [1.54, 1.807) is 14.0 Å². The van der Waals surface area contributed by atoms with Gasteiger partial charge in [-0.3, -0.25) is 9.59 Å². The number of amides is 1. The van der Waals surface area contributed by atoms with Gasteiger partial charge in [0.15, 0.2) is 5.52 Å². The molecule has 0 fully saturated rings. The molecule has 8 nitrogen and oxygen atoms in total. The van der Waals surface area contributed by atoms with Crippen LogP contribution in [0.15, 0.2) is 33.6 Å². The molecule has 1 amide bonds. The molecule has 2 aromatic heterocycles. The van der Waals surface area contributed by atoms with Crippen molar-refractivity contribution in [1.29, 1.82) is 0 Å². The van der Waals surface area contributed by atoms with E-state index in [-0.39, 0.29) is 17.0 Å². The lowest BCUT2D eigenvalue weighted by Gasteiger charge is -2.08. The van der Waals surface area contributed by atoms with Crippen LogP contribution in [0.25, 0.3) is 10.9 Å². The zero-order chi connectivity index (χ0) is 19.4. The molecule has 0 aliphatic heterocycles. The average molecular weight is 370 g/mol. The summed E-state index contributed by atoms with van der Waals surface area (Å²) in [6, 6.07) is 7.53. The van der Waals surface area contributed by atoms with Crippen LogP contribution in [0.3, 0.4) is 0 Å². The molecular formula is C19H22N4O4. The van der Waals surface area contributed by atoms with Crippen molar-refractivity contribution in [3.63, 3.8) is 0 Å². The van der Waals surface area contributed by atoms with Crippen LogP contribution in [0.2, 0.25) is 0 Å². The normalized spacial score (nSPS) is 10.9. The first kappa shape index (κ1) is 18.6. The third-order valence-electron chi connectivity index (χ3n) is 4.33. The number of rotatable bonds is 7. The largest absolute Gasteiger partial charge is 0.497 e. The average Bonchev–Trinajstić information content (AvgIpc) is 3.06. The minimum atomic E-state index is -0.302. The molecular weight excluding hydrogens is 348 g/mol. The lowest BCUT2D eigenvalue weighted by molar-refractivity contribution is -0.121. The zero-order valence-electron chi connectivity index (χ0n) is 15.6. The first-order valence-electron chi connectivity index (χ1n) is 8.73. The lowest BCUT2D eigenvalue weighted by atomic mass is 10.2. The second-order valence-electron chi connectivity index (χ2n) is 6.31. The van der Waals surface area contributed by atoms with E-state index in [0.29, 0.717) is 42.8 Å². The van der Waals surface area contributed by atoms with Crippen molar-refractivity contribution < 1.29 is 14.1 Å². The topological polar surface area (TPSA) is 99.2 Å². The Morgan fingerprint density at radius 3 is 2.93 bits per heavy atom. The van der Waals surface area contributed by atoms with Gasteiger partial charge in [0.05, 0.1) is 18.2 Å². The van der Waals surface area contributed by atoms with E-state index in [2.05, 4.69) is 15.6 Å². The molecule has 1 aromatic carbocycles. The summed E-state index contributed by atoms with van der Waals surface area (Å²) < 4.78 is 11.6. The molecule has 3 rings (SSSR count). The summed E-state index contributed by atoms with van der Waals surface area (Å²) in [4.78, 5) is 24.5. The van der Waals surface area contributed by atoms with Crippen LogP contribution in [0.1, 0.15) is 29.9 Å². The Balaban J connectivity index is 1.55. The quantitative estimate of drug-likeness (QED) is 0.684. The van der Waals surface area contributed by atoms with Crippen LogP contribution < -0.4 is 15.6 Å². The number of aryl methyl sites for hydroxylation is 3. The summed E-state index contributed by atoms with van der Waals surface area (Å²) in [7, 11) is 1.60. The number of hydrogen-bond donors (Lipinski definition) is 1.